The molecule has 0 unspecified atom stereocenters. The van der Waals surface area contributed by atoms with Gasteiger partial charge in [-0.3, -0.25) is 4.90 Å². The van der Waals surface area contributed by atoms with Gasteiger partial charge in [0.25, 0.3) is 0 Å². The van der Waals surface area contributed by atoms with E-state index in [4.69, 9.17) is 4.52 Å². The summed E-state index contributed by atoms with van der Waals surface area (Å²) in [6.07, 6.45) is 1.18. The van der Waals surface area contributed by atoms with E-state index in [1.165, 1.54) is 6.42 Å². The lowest BCUT2D eigenvalue weighted by Gasteiger charge is -2.36. The second-order valence-electron chi connectivity index (χ2n) is 7.34. The van der Waals surface area contributed by atoms with E-state index in [0.29, 0.717) is 5.41 Å². The van der Waals surface area contributed by atoms with Crippen LogP contribution < -0.4 is 0 Å². The van der Waals surface area contributed by atoms with Crippen molar-refractivity contribution >= 4 is 0 Å². The fourth-order valence-corrected chi connectivity index (χ4v) is 1.80. The molecule has 0 spiro atoms. The molecule has 0 bridgehead atoms. The number of hydrogen-bond acceptors (Lipinski definition) is 3. The maximum Gasteiger partial charge on any atom is 0.150 e. The van der Waals surface area contributed by atoms with Crippen molar-refractivity contribution in [3.8, 4) is 0 Å². The third-order valence-corrected chi connectivity index (χ3v) is 3.10. The number of aromatic nitrogens is 1. The normalized spacial score (nSPS) is 13.3. The van der Waals surface area contributed by atoms with Gasteiger partial charge in [0, 0.05) is 11.6 Å². The topological polar surface area (TPSA) is 29.3 Å². The van der Waals surface area contributed by atoms with Crippen molar-refractivity contribution in [3.63, 3.8) is 0 Å². The fourth-order valence-electron chi connectivity index (χ4n) is 1.80. The molecule has 1 aromatic heterocycles. The summed E-state index contributed by atoms with van der Waals surface area (Å²) in [5.41, 5.74) is 1.46. The first kappa shape index (κ1) is 15.2. The van der Waals surface area contributed by atoms with E-state index in [-0.39, 0.29) is 5.54 Å². The standard InChI is InChI=1S/C15H28N2O/c1-12-10-13(18-16-12)11-17(15(5,6)7)9-8-14(2,3)4/h10H,8-9,11H2,1-7H3. The van der Waals surface area contributed by atoms with Gasteiger partial charge in [-0.05, 0) is 46.1 Å². The van der Waals surface area contributed by atoms with E-state index in [1.807, 2.05) is 13.0 Å². The Labute approximate surface area is 112 Å². The zero-order valence-electron chi connectivity index (χ0n) is 13.0. The van der Waals surface area contributed by atoms with Crippen LogP contribution in [0.3, 0.4) is 0 Å². The third kappa shape index (κ3) is 5.21. The summed E-state index contributed by atoms with van der Waals surface area (Å²) in [5, 5.41) is 3.96. The van der Waals surface area contributed by atoms with Gasteiger partial charge in [0.1, 0.15) is 0 Å². The first-order chi connectivity index (χ1) is 8.08. The first-order valence-electron chi connectivity index (χ1n) is 6.75. The molecule has 0 N–H and O–H groups in total. The van der Waals surface area contributed by atoms with Crippen LogP contribution in [0.4, 0.5) is 0 Å². The van der Waals surface area contributed by atoms with Crippen molar-refractivity contribution in [2.45, 2.75) is 67.0 Å². The molecule has 18 heavy (non-hydrogen) atoms. The average Bonchev–Trinajstić information content (AvgIpc) is 2.55. The monoisotopic (exact) mass is 252 g/mol. The van der Waals surface area contributed by atoms with E-state index < -0.39 is 0 Å². The number of hydrogen-bond donors (Lipinski definition) is 0. The van der Waals surface area contributed by atoms with Crippen LogP contribution in [0.15, 0.2) is 10.6 Å². The molecule has 1 heterocycles. The number of nitrogens with zero attached hydrogens (tertiary/aromatic N) is 2. The molecule has 0 radical (unpaired) electrons. The minimum absolute atomic E-state index is 0.145. The first-order valence-corrected chi connectivity index (χ1v) is 6.75. The highest BCUT2D eigenvalue weighted by molar-refractivity contribution is 5.03. The SMILES string of the molecule is Cc1cc(CN(CCC(C)(C)C)C(C)(C)C)on1. The van der Waals surface area contributed by atoms with Crippen LogP contribution in [0.5, 0.6) is 0 Å². The van der Waals surface area contributed by atoms with Crippen molar-refractivity contribution < 1.29 is 4.52 Å². The quantitative estimate of drug-likeness (QED) is 0.810. The molecular weight excluding hydrogens is 224 g/mol. The Morgan fingerprint density at radius 2 is 1.78 bits per heavy atom. The van der Waals surface area contributed by atoms with Gasteiger partial charge in [0.2, 0.25) is 0 Å². The van der Waals surface area contributed by atoms with Crippen molar-refractivity contribution in [3.05, 3.63) is 17.5 Å². The van der Waals surface area contributed by atoms with Crippen LogP contribution in [0.1, 0.15) is 59.4 Å². The smallest absolute Gasteiger partial charge is 0.150 e. The molecule has 0 aromatic carbocycles. The van der Waals surface area contributed by atoms with Gasteiger partial charge in [0.05, 0.1) is 12.2 Å². The number of aryl methyl sites for hydroxylation is 1. The lowest BCUT2D eigenvalue weighted by atomic mass is 9.91. The van der Waals surface area contributed by atoms with E-state index in [2.05, 4.69) is 51.6 Å². The minimum Gasteiger partial charge on any atom is -0.360 e. The van der Waals surface area contributed by atoms with Crippen LogP contribution in [0.25, 0.3) is 0 Å². The number of rotatable bonds is 4. The molecule has 1 rings (SSSR count). The van der Waals surface area contributed by atoms with Gasteiger partial charge in [-0.1, -0.05) is 25.9 Å². The Balaban J connectivity index is 2.68. The highest BCUT2D eigenvalue weighted by Crippen LogP contribution is 2.24. The summed E-state index contributed by atoms with van der Waals surface area (Å²) >= 11 is 0. The zero-order valence-corrected chi connectivity index (χ0v) is 13.0. The fraction of sp³-hybridized carbons (Fsp3) is 0.800. The minimum atomic E-state index is 0.145. The van der Waals surface area contributed by atoms with Crippen LogP contribution in [0.2, 0.25) is 0 Å². The van der Waals surface area contributed by atoms with Crippen LogP contribution in [-0.4, -0.2) is 22.1 Å². The molecule has 0 aliphatic carbocycles. The predicted octanol–water partition coefficient (Wildman–Crippen LogP) is 4.02. The molecule has 0 saturated carbocycles. The Morgan fingerprint density at radius 1 is 1.17 bits per heavy atom. The van der Waals surface area contributed by atoms with Gasteiger partial charge in [-0.25, -0.2) is 0 Å². The second-order valence-corrected chi connectivity index (χ2v) is 7.34. The molecule has 0 saturated heterocycles. The molecule has 3 heteroatoms. The summed E-state index contributed by atoms with van der Waals surface area (Å²) in [7, 11) is 0. The highest BCUT2D eigenvalue weighted by atomic mass is 16.5. The summed E-state index contributed by atoms with van der Waals surface area (Å²) in [6.45, 7) is 17.5. The summed E-state index contributed by atoms with van der Waals surface area (Å²) < 4.78 is 5.33. The molecule has 3 nitrogen and oxygen atoms in total. The van der Waals surface area contributed by atoms with Gasteiger partial charge < -0.3 is 4.52 Å². The van der Waals surface area contributed by atoms with Gasteiger partial charge in [-0.2, -0.15) is 0 Å². The Bertz CT molecular complexity index is 369. The van der Waals surface area contributed by atoms with E-state index >= 15 is 0 Å². The van der Waals surface area contributed by atoms with Crippen molar-refractivity contribution in [1.82, 2.24) is 10.1 Å². The van der Waals surface area contributed by atoms with Crippen molar-refractivity contribution in [2.75, 3.05) is 6.54 Å². The van der Waals surface area contributed by atoms with E-state index in [0.717, 1.165) is 24.5 Å². The largest absolute Gasteiger partial charge is 0.360 e. The molecule has 0 atom stereocenters. The molecule has 0 amide bonds. The highest BCUT2D eigenvalue weighted by Gasteiger charge is 2.24. The molecular formula is C15H28N2O. The zero-order chi connectivity index (χ0) is 14.0. The molecule has 0 fully saturated rings. The van der Waals surface area contributed by atoms with Crippen LogP contribution in [0, 0.1) is 12.3 Å². The second kappa shape index (κ2) is 5.43. The van der Waals surface area contributed by atoms with Crippen molar-refractivity contribution in [2.24, 2.45) is 5.41 Å². The van der Waals surface area contributed by atoms with Gasteiger partial charge in [-0.15, -0.1) is 0 Å². The van der Waals surface area contributed by atoms with E-state index in [9.17, 15) is 0 Å². The molecule has 0 aliphatic heterocycles. The third-order valence-electron chi connectivity index (χ3n) is 3.10. The predicted molar refractivity (Wildman–Crippen MR) is 75.5 cm³/mol. The van der Waals surface area contributed by atoms with Crippen molar-refractivity contribution in [1.29, 1.82) is 0 Å². The van der Waals surface area contributed by atoms with Crippen LogP contribution >= 0.6 is 0 Å². The Morgan fingerprint density at radius 3 is 2.17 bits per heavy atom. The molecule has 104 valence electrons. The lowest BCUT2D eigenvalue weighted by Crippen LogP contribution is -2.42. The van der Waals surface area contributed by atoms with Crippen LogP contribution in [-0.2, 0) is 6.54 Å². The Hall–Kier alpha value is -0.830. The summed E-state index contributed by atoms with van der Waals surface area (Å²) in [5.74, 6) is 0.955. The lowest BCUT2D eigenvalue weighted by molar-refractivity contribution is 0.0984. The summed E-state index contributed by atoms with van der Waals surface area (Å²) in [4.78, 5) is 2.46. The average molecular weight is 252 g/mol. The maximum absolute atomic E-state index is 5.33. The van der Waals surface area contributed by atoms with Gasteiger partial charge >= 0.3 is 0 Å². The molecule has 1 aromatic rings. The maximum atomic E-state index is 5.33. The molecule has 0 aliphatic rings. The summed E-state index contributed by atoms with van der Waals surface area (Å²) in [6, 6.07) is 2.02. The van der Waals surface area contributed by atoms with E-state index in [1.54, 1.807) is 0 Å². The van der Waals surface area contributed by atoms with Gasteiger partial charge in [0.15, 0.2) is 5.76 Å². The Kier molecular flexibility index (Phi) is 4.60.